The van der Waals surface area contributed by atoms with Crippen molar-refractivity contribution in [3.05, 3.63) is 36.5 Å². The first-order valence-electron chi connectivity index (χ1n) is 10.9. The number of carbonyl (C=O) groups is 1. The first-order chi connectivity index (χ1) is 12.8. The third-order valence-corrected chi connectivity index (χ3v) is 4.42. The van der Waals surface area contributed by atoms with E-state index in [-0.39, 0.29) is 5.97 Å². The Kier molecular flexibility index (Phi) is 20.6. The van der Waals surface area contributed by atoms with Gasteiger partial charge in [0.05, 0.1) is 0 Å². The van der Waals surface area contributed by atoms with Crippen LogP contribution < -0.4 is 0 Å². The Hall–Kier alpha value is -1.31. The van der Waals surface area contributed by atoms with Gasteiger partial charge in [0.15, 0.2) is 0 Å². The van der Waals surface area contributed by atoms with Crippen molar-refractivity contribution in [2.75, 3.05) is 6.61 Å². The van der Waals surface area contributed by atoms with Gasteiger partial charge in [0, 0.05) is 6.42 Å². The molecule has 26 heavy (non-hydrogen) atoms. The standard InChI is InChI=1S/C24H42O2/c1-3-5-7-9-10-11-12-13-14-15-16-17-18-19-20-22-24(25)26-23-21-8-6-4-2/h4,6,8,13-14,21H,3,5,7,9-12,15-20,22-23H2,1-2H3. The van der Waals surface area contributed by atoms with Gasteiger partial charge in [-0.2, -0.15) is 0 Å². The van der Waals surface area contributed by atoms with Crippen LogP contribution in [-0.2, 0) is 9.53 Å². The molecule has 0 fully saturated rings. The molecule has 0 amide bonds. The Labute approximate surface area is 162 Å². The van der Waals surface area contributed by atoms with E-state index in [4.69, 9.17) is 4.74 Å². The second kappa shape index (κ2) is 21.7. The van der Waals surface area contributed by atoms with Crippen molar-refractivity contribution in [1.82, 2.24) is 0 Å². The van der Waals surface area contributed by atoms with Crippen molar-refractivity contribution in [2.24, 2.45) is 0 Å². The van der Waals surface area contributed by atoms with Gasteiger partial charge < -0.3 is 4.74 Å². The molecule has 0 atom stereocenters. The predicted molar refractivity (Wildman–Crippen MR) is 114 cm³/mol. The maximum atomic E-state index is 11.5. The SMILES string of the molecule is CC=CC=CCOC(=O)CCCCCCCC=CCCCCCCCC. The zero-order valence-corrected chi connectivity index (χ0v) is 17.4. The summed E-state index contributed by atoms with van der Waals surface area (Å²) in [7, 11) is 0. The van der Waals surface area contributed by atoms with Crippen LogP contribution in [0.5, 0.6) is 0 Å². The Bertz CT molecular complexity index is 380. The van der Waals surface area contributed by atoms with Crippen molar-refractivity contribution < 1.29 is 9.53 Å². The van der Waals surface area contributed by atoms with Gasteiger partial charge in [0.1, 0.15) is 6.61 Å². The van der Waals surface area contributed by atoms with Crippen molar-refractivity contribution in [2.45, 2.75) is 104 Å². The quantitative estimate of drug-likeness (QED) is 0.108. The molecule has 2 heteroatoms. The monoisotopic (exact) mass is 362 g/mol. The van der Waals surface area contributed by atoms with Crippen molar-refractivity contribution in [3.8, 4) is 0 Å². The minimum atomic E-state index is -0.0762. The lowest BCUT2D eigenvalue weighted by atomic mass is 10.1. The lowest BCUT2D eigenvalue weighted by molar-refractivity contribution is -0.142. The molecule has 0 aliphatic rings. The van der Waals surface area contributed by atoms with Crippen molar-refractivity contribution in [1.29, 1.82) is 0 Å². The van der Waals surface area contributed by atoms with E-state index in [1.54, 1.807) is 0 Å². The maximum Gasteiger partial charge on any atom is 0.306 e. The fourth-order valence-corrected chi connectivity index (χ4v) is 2.80. The van der Waals surface area contributed by atoms with Crippen LogP contribution in [0.2, 0.25) is 0 Å². The summed E-state index contributed by atoms with van der Waals surface area (Å²) in [6.07, 6.45) is 29.5. The highest BCUT2D eigenvalue weighted by atomic mass is 16.5. The molecule has 2 nitrogen and oxygen atoms in total. The number of allylic oxidation sites excluding steroid dienone is 5. The van der Waals surface area contributed by atoms with Crippen LogP contribution >= 0.6 is 0 Å². The van der Waals surface area contributed by atoms with E-state index in [2.05, 4.69) is 19.1 Å². The minimum Gasteiger partial charge on any atom is -0.461 e. The summed E-state index contributed by atoms with van der Waals surface area (Å²) >= 11 is 0. The highest BCUT2D eigenvalue weighted by Crippen LogP contribution is 2.10. The maximum absolute atomic E-state index is 11.5. The van der Waals surface area contributed by atoms with Gasteiger partial charge in [0.2, 0.25) is 0 Å². The summed E-state index contributed by atoms with van der Waals surface area (Å²) in [5.41, 5.74) is 0. The second-order valence-corrected chi connectivity index (χ2v) is 6.97. The predicted octanol–water partition coefficient (Wildman–Crippen LogP) is 7.70. The molecule has 0 aromatic heterocycles. The molecule has 0 aromatic rings. The number of hydrogen-bond donors (Lipinski definition) is 0. The van der Waals surface area contributed by atoms with E-state index >= 15 is 0 Å². The summed E-state index contributed by atoms with van der Waals surface area (Å²) in [5.74, 6) is -0.0762. The molecule has 0 radical (unpaired) electrons. The largest absolute Gasteiger partial charge is 0.461 e. The van der Waals surface area contributed by atoms with Gasteiger partial charge in [-0.15, -0.1) is 0 Å². The van der Waals surface area contributed by atoms with Gasteiger partial charge in [0.25, 0.3) is 0 Å². The Morgan fingerprint density at radius 3 is 1.92 bits per heavy atom. The van der Waals surface area contributed by atoms with E-state index in [0.717, 1.165) is 12.8 Å². The zero-order valence-electron chi connectivity index (χ0n) is 17.4. The van der Waals surface area contributed by atoms with Gasteiger partial charge in [-0.1, -0.05) is 88.7 Å². The zero-order chi connectivity index (χ0) is 19.1. The van der Waals surface area contributed by atoms with Crippen LogP contribution in [0.3, 0.4) is 0 Å². The fourth-order valence-electron chi connectivity index (χ4n) is 2.80. The van der Waals surface area contributed by atoms with Crippen LogP contribution in [0.4, 0.5) is 0 Å². The van der Waals surface area contributed by atoms with Gasteiger partial charge in [-0.3, -0.25) is 4.79 Å². The first-order valence-corrected chi connectivity index (χ1v) is 10.9. The number of ether oxygens (including phenoxy) is 1. The number of unbranched alkanes of at least 4 members (excludes halogenated alkanes) is 11. The molecule has 0 aliphatic heterocycles. The second-order valence-electron chi connectivity index (χ2n) is 6.97. The lowest BCUT2D eigenvalue weighted by Crippen LogP contribution is -2.03. The summed E-state index contributed by atoms with van der Waals surface area (Å²) in [5, 5.41) is 0. The van der Waals surface area contributed by atoms with Crippen molar-refractivity contribution in [3.63, 3.8) is 0 Å². The molecule has 0 rings (SSSR count). The van der Waals surface area contributed by atoms with Crippen LogP contribution in [-0.4, -0.2) is 12.6 Å². The molecule has 0 N–H and O–H groups in total. The average Bonchev–Trinajstić information content (AvgIpc) is 2.64. The van der Waals surface area contributed by atoms with E-state index in [1.165, 1.54) is 70.6 Å². The van der Waals surface area contributed by atoms with Gasteiger partial charge in [-0.05, 0) is 45.1 Å². The normalized spacial score (nSPS) is 11.9. The summed E-state index contributed by atoms with van der Waals surface area (Å²) < 4.78 is 5.14. The van der Waals surface area contributed by atoms with E-state index < -0.39 is 0 Å². The lowest BCUT2D eigenvalue weighted by Gasteiger charge is -2.02. The molecule has 0 saturated carbocycles. The molecular formula is C24H42O2. The van der Waals surface area contributed by atoms with E-state index in [0.29, 0.717) is 13.0 Å². The molecule has 0 heterocycles. The molecular weight excluding hydrogens is 320 g/mol. The Balaban J connectivity index is 3.25. The molecule has 150 valence electrons. The molecule has 0 aromatic carbocycles. The van der Waals surface area contributed by atoms with Crippen LogP contribution in [0, 0.1) is 0 Å². The Morgan fingerprint density at radius 1 is 0.731 bits per heavy atom. The van der Waals surface area contributed by atoms with E-state index in [1.807, 2.05) is 31.2 Å². The smallest absolute Gasteiger partial charge is 0.306 e. The summed E-state index contributed by atoms with van der Waals surface area (Å²) in [6.45, 7) is 4.61. The number of rotatable bonds is 18. The molecule has 0 aliphatic carbocycles. The third kappa shape index (κ3) is 20.7. The third-order valence-electron chi connectivity index (χ3n) is 4.42. The average molecular weight is 363 g/mol. The Morgan fingerprint density at radius 2 is 1.31 bits per heavy atom. The molecule has 0 unspecified atom stereocenters. The highest BCUT2D eigenvalue weighted by molar-refractivity contribution is 5.69. The fraction of sp³-hybridized carbons (Fsp3) is 0.708. The number of esters is 1. The van der Waals surface area contributed by atoms with E-state index in [9.17, 15) is 4.79 Å². The first kappa shape index (κ1) is 24.7. The molecule has 0 spiro atoms. The van der Waals surface area contributed by atoms with Crippen LogP contribution in [0.1, 0.15) is 104 Å². The minimum absolute atomic E-state index is 0.0762. The number of carbonyl (C=O) groups excluding carboxylic acids is 1. The highest BCUT2D eigenvalue weighted by Gasteiger charge is 2.00. The van der Waals surface area contributed by atoms with Crippen molar-refractivity contribution >= 4 is 5.97 Å². The molecule has 0 saturated heterocycles. The van der Waals surface area contributed by atoms with Gasteiger partial charge in [-0.25, -0.2) is 0 Å². The van der Waals surface area contributed by atoms with Gasteiger partial charge >= 0.3 is 5.97 Å². The van der Waals surface area contributed by atoms with Crippen LogP contribution in [0.25, 0.3) is 0 Å². The topological polar surface area (TPSA) is 26.3 Å². The summed E-state index contributed by atoms with van der Waals surface area (Å²) in [6, 6.07) is 0. The van der Waals surface area contributed by atoms with Crippen LogP contribution in [0.15, 0.2) is 36.5 Å². The molecule has 0 bridgehead atoms. The number of hydrogen-bond acceptors (Lipinski definition) is 2. The summed E-state index contributed by atoms with van der Waals surface area (Å²) in [4.78, 5) is 11.5.